The molecule has 0 amide bonds. The summed E-state index contributed by atoms with van der Waals surface area (Å²) in [6.07, 6.45) is -9.59. The molecule has 0 aliphatic carbocycles. The van der Waals surface area contributed by atoms with Crippen molar-refractivity contribution in [1.29, 1.82) is 5.26 Å². The molecular weight excluding hydrogens is 716 g/mol. The Labute approximate surface area is 296 Å². The van der Waals surface area contributed by atoms with Crippen LogP contribution in [0.15, 0.2) is 69.5 Å². The standard InChI is InChI=1S/C20H12F3NO4.C16H25F3O4Si/c21-20(22,23)18-15(9-17(28-18)19(25)26)11-27-16-7-5-14(6-8-16)13-3-1-12(10-24)2-4-13;1-9(2)24(10(3)4,11(5)6)22-8-12-7-13(15(20)21)23-14(12)16(17,18)19/h1-9H,11H2,(H,25,26);7,9-11H,8H2,1-6H3,(H,20,21). The zero-order chi connectivity index (χ0) is 39.2. The summed E-state index contributed by atoms with van der Waals surface area (Å²) in [5.41, 5.74) is 2.19. The average molecular weight is 754 g/mol. The molecule has 0 saturated carbocycles. The summed E-state index contributed by atoms with van der Waals surface area (Å²) in [4.78, 5) is 21.8. The minimum absolute atomic E-state index is 0.206. The maximum absolute atomic E-state index is 13.1. The monoisotopic (exact) mass is 753 g/mol. The maximum Gasteiger partial charge on any atom is 0.449 e. The van der Waals surface area contributed by atoms with Crippen LogP contribution in [0.3, 0.4) is 0 Å². The molecule has 0 fully saturated rings. The van der Waals surface area contributed by atoms with Crippen LogP contribution in [0, 0.1) is 11.3 Å². The van der Waals surface area contributed by atoms with Crippen molar-refractivity contribution in [2.24, 2.45) is 0 Å². The third-order valence-corrected chi connectivity index (χ3v) is 14.4. The Hall–Kier alpha value is -5.01. The highest BCUT2D eigenvalue weighted by Gasteiger charge is 2.46. The lowest BCUT2D eigenvalue weighted by Gasteiger charge is -2.42. The molecule has 280 valence electrons. The van der Waals surface area contributed by atoms with E-state index < -0.39 is 67.8 Å². The number of alkyl halides is 6. The van der Waals surface area contributed by atoms with E-state index in [1.54, 1.807) is 48.5 Å². The molecule has 52 heavy (non-hydrogen) atoms. The highest BCUT2D eigenvalue weighted by atomic mass is 28.4. The van der Waals surface area contributed by atoms with E-state index in [1.807, 2.05) is 47.6 Å². The number of rotatable bonds is 12. The van der Waals surface area contributed by atoms with Gasteiger partial charge in [-0.1, -0.05) is 65.8 Å². The first-order valence-electron chi connectivity index (χ1n) is 15.8. The van der Waals surface area contributed by atoms with Crippen molar-refractivity contribution in [3.8, 4) is 22.9 Å². The molecule has 4 aromatic rings. The Morgan fingerprint density at radius 3 is 1.44 bits per heavy atom. The second-order valence-electron chi connectivity index (χ2n) is 12.6. The first-order chi connectivity index (χ1) is 24.1. The topological polar surface area (TPSA) is 143 Å². The van der Waals surface area contributed by atoms with E-state index in [9.17, 15) is 35.9 Å². The zero-order valence-corrected chi connectivity index (χ0v) is 30.0. The fraction of sp³-hybridized carbons (Fsp3) is 0.361. The number of furan rings is 2. The lowest BCUT2D eigenvalue weighted by Crippen LogP contribution is -2.47. The van der Waals surface area contributed by atoms with Gasteiger partial charge in [-0.05, 0) is 64.1 Å². The lowest BCUT2D eigenvalue weighted by atomic mass is 10.0. The van der Waals surface area contributed by atoms with Gasteiger partial charge in [-0.2, -0.15) is 31.6 Å². The third kappa shape index (κ3) is 9.85. The van der Waals surface area contributed by atoms with Gasteiger partial charge in [-0.3, -0.25) is 0 Å². The molecule has 4 rings (SSSR count). The SMILES string of the molecule is CC(C)[Si](OCc1cc(C(=O)O)oc1C(F)(F)F)(C(C)C)C(C)C.N#Cc1ccc(-c2ccc(OCc3cc(C(=O)O)oc3C(F)(F)F)cc2)cc1. The second kappa shape index (κ2) is 16.6. The number of carboxylic acids is 2. The molecule has 9 nitrogen and oxygen atoms in total. The van der Waals surface area contributed by atoms with Gasteiger partial charge < -0.3 is 28.2 Å². The fourth-order valence-corrected chi connectivity index (χ4v) is 11.5. The summed E-state index contributed by atoms with van der Waals surface area (Å²) in [7, 11) is -2.37. The summed E-state index contributed by atoms with van der Waals surface area (Å²) >= 11 is 0. The number of ether oxygens (including phenoxy) is 1. The minimum Gasteiger partial charge on any atom is -0.489 e. The maximum atomic E-state index is 13.1. The zero-order valence-electron chi connectivity index (χ0n) is 29.0. The van der Waals surface area contributed by atoms with Gasteiger partial charge in [0.25, 0.3) is 0 Å². The largest absolute Gasteiger partial charge is 0.489 e. The average Bonchev–Trinajstić information content (AvgIpc) is 3.70. The van der Waals surface area contributed by atoms with Gasteiger partial charge in [0.2, 0.25) is 31.4 Å². The smallest absolute Gasteiger partial charge is 0.449 e. The summed E-state index contributed by atoms with van der Waals surface area (Å²) in [5.74, 6) is -7.04. The highest BCUT2D eigenvalue weighted by Crippen LogP contribution is 2.44. The molecule has 0 aliphatic heterocycles. The van der Waals surface area contributed by atoms with E-state index in [0.29, 0.717) is 11.3 Å². The molecular formula is C36H37F6NO8Si. The van der Waals surface area contributed by atoms with Crippen LogP contribution in [0.2, 0.25) is 16.6 Å². The van der Waals surface area contributed by atoms with Crippen LogP contribution in [-0.4, -0.2) is 30.5 Å². The molecule has 2 aromatic carbocycles. The van der Waals surface area contributed by atoms with E-state index >= 15 is 0 Å². The Morgan fingerprint density at radius 1 is 0.712 bits per heavy atom. The van der Waals surface area contributed by atoms with Crippen molar-refractivity contribution in [3.63, 3.8) is 0 Å². The van der Waals surface area contributed by atoms with Crippen LogP contribution in [0.4, 0.5) is 26.3 Å². The number of aromatic carboxylic acids is 2. The number of hydrogen-bond donors (Lipinski definition) is 2. The van der Waals surface area contributed by atoms with Gasteiger partial charge in [-0.25, -0.2) is 9.59 Å². The summed E-state index contributed by atoms with van der Waals surface area (Å²) < 4.78 is 98.6. The minimum atomic E-state index is -4.83. The number of benzene rings is 2. The number of halogens is 6. The van der Waals surface area contributed by atoms with Crippen molar-refractivity contribution in [1.82, 2.24) is 0 Å². The summed E-state index contributed by atoms with van der Waals surface area (Å²) in [6, 6.07) is 17.3. The van der Waals surface area contributed by atoms with Gasteiger partial charge in [-0.15, -0.1) is 0 Å². The Balaban J connectivity index is 0.000000284. The van der Waals surface area contributed by atoms with E-state index in [0.717, 1.165) is 23.3 Å². The van der Waals surface area contributed by atoms with Gasteiger partial charge in [0.05, 0.1) is 18.2 Å². The van der Waals surface area contributed by atoms with Crippen LogP contribution >= 0.6 is 0 Å². The quantitative estimate of drug-likeness (QED) is 0.107. The molecule has 0 radical (unpaired) electrons. The highest BCUT2D eigenvalue weighted by molar-refractivity contribution is 6.77. The molecule has 0 aliphatic rings. The third-order valence-electron chi connectivity index (χ3n) is 8.34. The van der Waals surface area contributed by atoms with Crippen molar-refractivity contribution in [2.45, 2.75) is 83.7 Å². The summed E-state index contributed by atoms with van der Waals surface area (Å²) in [6.45, 7) is 11.3. The van der Waals surface area contributed by atoms with Gasteiger partial charge >= 0.3 is 24.3 Å². The first-order valence-corrected chi connectivity index (χ1v) is 18.0. The Morgan fingerprint density at radius 2 is 1.10 bits per heavy atom. The number of nitrogens with zero attached hydrogens (tertiary/aromatic N) is 1. The fourth-order valence-electron chi connectivity index (χ4n) is 6.11. The number of carboxylic acid groups (broad SMARTS) is 2. The molecule has 0 unspecified atom stereocenters. The number of hydrogen-bond acceptors (Lipinski definition) is 7. The summed E-state index contributed by atoms with van der Waals surface area (Å²) in [5, 5.41) is 26.5. The molecule has 2 N–H and O–H groups in total. The van der Waals surface area contributed by atoms with Crippen molar-refractivity contribution in [2.75, 3.05) is 0 Å². The van der Waals surface area contributed by atoms with Crippen molar-refractivity contribution >= 4 is 20.3 Å². The van der Waals surface area contributed by atoms with E-state index in [-0.39, 0.29) is 28.8 Å². The van der Waals surface area contributed by atoms with E-state index in [2.05, 4.69) is 8.83 Å². The Kier molecular flexibility index (Phi) is 13.2. The van der Waals surface area contributed by atoms with Crippen molar-refractivity contribution in [3.05, 3.63) is 100 Å². The molecule has 0 atom stereocenters. The first kappa shape index (κ1) is 41.4. The molecule has 0 spiro atoms. The number of nitriles is 1. The predicted molar refractivity (Wildman–Crippen MR) is 178 cm³/mol. The second-order valence-corrected chi connectivity index (χ2v) is 18.1. The van der Waals surface area contributed by atoms with Crippen LogP contribution in [0.1, 0.15) is 90.9 Å². The molecule has 0 saturated heterocycles. The number of carbonyl (C=O) groups is 2. The van der Waals surface area contributed by atoms with Crippen LogP contribution in [0.5, 0.6) is 5.75 Å². The van der Waals surface area contributed by atoms with Gasteiger partial charge in [0.15, 0.2) is 0 Å². The normalized spacial score (nSPS) is 12.1. The predicted octanol–water partition coefficient (Wildman–Crippen LogP) is 10.8. The molecule has 2 heterocycles. The van der Waals surface area contributed by atoms with Gasteiger partial charge in [0, 0.05) is 11.1 Å². The Bertz CT molecular complexity index is 1850. The lowest BCUT2D eigenvalue weighted by molar-refractivity contribution is -0.155. The van der Waals surface area contributed by atoms with Crippen LogP contribution in [-0.2, 0) is 30.0 Å². The molecule has 0 bridgehead atoms. The van der Waals surface area contributed by atoms with Crippen molar-refractivity contribution < 1.29 is 64.1 Å². The van der Waals surface area contributed by atoms with Gasteiger partial charge in [0.1, 0.15) is 12.4 Å². The van der Waals surface area contributed by atoms with E-state index in [4.69, 9.17) is 24.6 Å². The van der Waals surface area contributed by atoms with Crippen LogP contribution < -0.4 is 4.74 Å². The van der Waals surface area contributed by atoms with E-state index in [1.165, 1.54) is 0 Å². The van der Waals surface area contributed by atoms with Crippen LogP contribution in [0.25, 0.3) is 11.1 Å². The molecule has 16 heteroatoms. The molecule has 2 aromatic heterocycles.